The summed E-state index contributed by atoms with van der Waals surface area (Å²) < 4.78 is 0. The van der Waals surface area contributed by atoms with E-state index in [1.807, 2.05) is 12.1 Å². The smallest absolute Gasteiger partial charge is 0.129 e. The van der Waals surface area contributed by atoms with Crippen LogP contribution in [0, 0.1) is 0 Å². The van der Waals surface area contributed by atoms with E-state index in [0.717, 1.165) is 29.8 Å². The van der Waals surface area contributed by atoms with Gasteiger partial charge >= 0.3 is 0 Å². The van der Waals surface area contributed by atoms with Crippen LogP contribution in [0.2, 0.25) is 5.15 Å². The van der Waals surface area contributed by atoms with Gasteiger partial charge in [0.2, 0.25) is 0 Å². The fourth-order valence-electron chi connectivity index (χ4n) is 3.29. The van der Waals surface area contributed by atoms with Crippen molar-refractivity contribution in [3.05, 3.63) is 64.4 Å². The van der Waals surface area contributed by atoms with Gasteiger partial charge in [-0.05, 0) is 41.3 Å². The number of aryl methyl sites for hydroxylation is 1. The van der Waals surface area contributed by atoms with Gasteiger partial charge in [0.25, 0.3) is 0 Å². The molecule has 4 rings (SSSR count). The van der Waals surface area contributed by atoms with Crippen LogP contribution in [0.5, 0.6) is 0 Å². The minimum atomic E-state index is 0.493. The summed E-state index contributed by atoms with van der Waals surface area (Å²) in [5.41, 5.74) is 9.41. The van der Waals surface area contributed by atoms with Crippen LogP contribution in [0.15, 0.2) is 37.0 Å². The molecule has 2 heterocycles. The topological polar surface area (TPSA) is 41.6 Å². The number of hydrogen-bond acceptors (Lipinski definition) is 2. The lowest BCUT2D eigenvalue weighted by atomic mass is 9.98. The zero-order chi connectivity index (χ0) is 16.0. The average Bonchev–Trinajstić information content (AvgIpc) is 3.13. The van der Waals surface area contributed by atoms with Crippen LogP contribution in [0.25, 0.3) is 28.6 Å². The van der Waals surface area contributed by atoms with E-state index in [4.69, 9.17) is 11.6 Å². The molecule has 0 unspecified atom stereocenters. The number of H-pyrrole nitrogens is 1. The van der Waals surface area contributed by atoms with Crippen LogP contribution in [-0.2, 0) is 12.8 Å². The Kier molecular flexibility index (Phi) is 3.31. The van der Waals surface area contributed by atoms with Crippen molar-refractivity contribution < 1.29 is 0 Å². The maximum absolute atomic E-state index is 5.88. The molecule has 114 valence electrons. The van der Waals surface area contributed by atoms with Gasteiger partial charge in [0.15, 0.2) is 0 Å². The lowest BCUT2D eigenvalue weighted by molar-refractivity contribution is 1.08. The molecular weight excluding hydrogens is 306 g/mol. The second kappa shape index (κ2) is 5.36. The first-order chi connectivity index (χ1) is 11.2. The number of aromatic nitrogens is 3. The van der Waals surface area contributed by atoms with Gasteiger partial charge in [0.05, 0.1) is 11.4 Å². The number of halogens is 1. The second-order valence-electron chi connectivity index (χ2n) is 5.74. The van der Waals surface area contributed by atoms with E-state index in [0.29, 0.717) is 5.15 Å². The van der Waals surface area contributed by atoms with Crippen molar-refractivity contribution in [2.45, 2.75) is 19.8 Å². The molecule has 2 aromatic heterocycles. The van der Waals surface area contributed by atoms with Gasteiger partial charge in [-0.1, -0.05) is 37.2 Å². The van der Waals surface area contributed by atoms with Crippen LogP contribution in [-0.4, -0.2) is 15.2 Å². The maximum Gasteiger partial charge on any atom is 0.129 e. The average molecular weight is 322 g/mol. The van der Waals surface area contributed by atoms with Crippen LogP contribution in [0.1, 0.15) is 29.2 Å². The van der Waals surface area contributed by atoms with Gasteiger partial charge in [0.1, 0.15) is 5.15 Å². The van der Waals surface area contributed by atoms with Crippen LogP contribution in [0.4, 0.5) is 0 Å². The molecule has 3 aromatic rings. The maximum atomic E-state index is 5.88. The quantitative estimate of drug-likeness (QED) is 0.545. The van der Waals surface area contributed by atoms with E-state index in [2.05, 4.69) is 40.8 Å². The Hall–Kier alpha value is -2.39. The first-order valence-corrected chi connectivity index (χ1v) is 8.06. The Labute approximate surface area is 140 Å². The summed E-state index contributed by atoms with van der Waals surface area (Å²) in [7, 11) is 0. The molecule has 0 saturated carbocycles. The Morgan fingerprint density at radius 2 is 2.22 bits per heavy atom. The number of benzene rings is 1. The van der Waals surface area contributed by atoms with E-state index in [9.17, 15) is 0 Å². The highest BCUT2D eigenvalue weighted by molar-refractivity contribution is 6.29. The zero-order valence-corrected chi connectivity index (χ0v) is 13.6. The highest BCUT2D eigenvalue weighted by Gasteiger charge is 2.26. The lowest BCUT2D eigenvalue weighted by Gasteiger charge is -2.08. The fourth-order valence-corrected chi connectivity index (χ4v) is 3.40. The Balaban J connectivity index is 1.84. The summed E-state index contributed by atoms with van der Waals surface area (Å²) in [6, 6.07) is 8.27. The minimum Gasteiger partial charge on any atom is -0.277 e. The summed E-state index contributed by atoms with van der Waals surface area (Å²) in [6.45, 7) is 6.10. The van der Waals surface area contributed by atoms with Crippen LogP contribution >= 0.6 is 11.6 Å². The third-order valence-electron chi connectivity index (χ3n) is 4.47. The number of aromatic amines is 1. The first-order valence-electron chi connectivity index (χ1n) is 7.69. The van der Waals surface area contributed by atoms with Gasteiger partial charge in [-0.15, -0.1) is 0 Å². The summed E-state index contributed by atoms with van der Waals surface area (Å²) >= 11 is 5.88. The molecule has 23 heavy (non-hydrogen) atoms. The molecule has 0 atom stereocenters. The lowest BCUT2D eigenvalue weighted by Crippen LogP contribution is -1.92. The molecule has 0 saturated heterocycles. The molecule has 1 aliphatic rings. The molecular formula is C19H16ClN3. The number of fused-ring (bicyclic) bond motifs is 3. The molecule has 4 heteroatoms. The van der Waals surface area contributed by atoms with Crippen molar-refractivity contribution in [1.82, 2.24) is 15.2 Å². The summed E-state index contributed by atoms with van der Waals surface area (Å²) in [5, 5.41) is 8.21. The van der Waals surface area contributed by atoms with Gasteiger partial charge in [-0.3, -0.25) is 5.10 Å². The molecule has 0 bridgehead atoms. The molecule has 0 spiro atoms. The molecule has 0 radical (unpaired) electrons. The molecule has 1 aromatic carbocycles. The predicted octanol–water partition coefficient (Wildman–Crippen LogP) is 4.90. The van der Waals surface area contributed by atoms with Crippen molar-refractivity contribution in [3.8, 4) is 22.5 Å². The largest absolute Gasteiger partial charge is 0.277 e. The summed E-state index contributed by atoms with van der Waals surface area (Å²) in [4.78, 5) is 4.16. The number of hydrogen-bond donors (Lipinski definition) is 1. The Morgan fingerprint density at radius 3 is 2.91 bits per heavy atom. The van der Waals surface area contributed by atoms with Crippen molar-refractivity contribution in [2.75, 3.05) is 0 Å². The van der Waals surface area contributed by atoms with E-state index in [1.54, 1.807) is 12.3 Å². The third kappa shape index (κ3) is 2.20. The van der Waals surface area contributed by atoms with E-state index in [-0.39, 0.29) is 0 Å². The molecule has 0 fully saturated rings. The number of nitrogens with one attached hydrogen (secondary N) is 1. The molecule has 0 aliphatic heterocycles. The highest BCUT2D eigenvalue weighted by Crippen LogP contribution is 2.41. The van der Waals surface area contributed by atoms with Gasteiger partial charge in [-0.2, -0.15) is 5.10 Å². The third-order valence-corrected chi connectivity index (χ3v) is 4.69. The predicted molar refractivity (Wildman–Crippen MR) is 94.5 cm³/mol. The minimum absolute atomic E-state index is 0.493. The molecule has 1 aliphatic carbocycles. The van der Waals surface area contributed by atoms with Crippen LogP contribution in [0.3, 0.4) is 0 Å². The summed E-state index contributed by atoms with van der Waals surface area (Å²) in [6.07, 6.45) is 5.58. The van der Waals surface area contributed by atoms with E-state index in [1.165, 1.54) is 27.8 Å². The standard InChI is InChI=1S/C19H16ClN3/c1-3-11-7-14-9-16-18(13-5-6-17(20)21-10-13)22-23-19(16)15(14)8-12(11)4-2/h3,5-8,10H,1,4,9H2,2H3,(H,22,23). The fraction of sp³-hybridized carbons (Fsp3) is 0.158. The second-order valence-corrected chi connectivity index (χ2v) is 6.13. The number of pyridine rings is 1. The van der Waals surface area contributed by atoms with Crippen molar-refractivity contribution >= 4 is 17.7 Å². The van der Waals surface area contributed by atoms with Crippen molar-refractivity contribution in [2.24, 2.45) is 0 Å². The van der Waals surface area contributed by atoms with E-state index < -0.39 is 0 Å². The summed E-state index contributed by atoms with van der Waals surface area (Å²) in [5.74, 6) is 0. The molecule has 1 N–H and O–H groups in total. The highest BCUT2D eigenvalue weighted by atomic mass is 35.5. The molecule has 0 amide bonds. The van der Waals surface area contributed by atoms with E-state index >= 15 is 0 Å². The molecule has 3 nitrogen and oxygen atoms in total. The van der Waals surface area contributed by atoms with Gasteiger partial charge < -0.3 is 0 Å². The number of rotatable bonds is 3. The Morgan fingerprint density at radius 1 is 1.35 bits per heavy atom. The van der Waals surface area contributed by atoms with Gasteiger partial charge in [0, 0.05) is 29.3 Å². The number of nitrogens with zero attached hydrogens (tertiary/aromatic N) is 2. The zero-order valence-electron chi connectivity index (χ0n) is 12.9. The van der Waals surface area contributed by atoms with Crippen molar-refractivity contribution in [3.63, 3.8) is 0 Å². The van der Waals surface area contributed by atoms with Gasteiger partial charge in [-0.25, -0.2) is 4.98 Å². The van der Waals surface area contributed by atoms with Crippen LogP contribution < -0.4 is 0 Å². The first kappa shape index (κ1) is 14.2. The Bertz CT molecular complexity index is 907. The SMILES string of the molecule is C=Cc1cc2c(cc1CC)-c1[nH]nc(-c3ccc(Cl)nc3)c1C2. The normalized spacial score (nSPS) is 12.1. The monoisotopic (exact) mass is 321 g/mol. The van der Waals surface area contributed by atoms with Crippen molar-refractivity contribution in [1.29, 1.82) is 0 Å².